The fraction of sp³-hybridized carbons (Fsp3) is 0.615. The van der Waals surface area contributed by atoms with E-state index in [0.29, 0.717) is 35.0 Å². The highest BCUT2D eigenvalue weighted by Crippen LogP contribution is 2.23. The second-order valence-corrected chi connectivity index (χ2v) is 6.37. The summed E-state index contributed by atoms with van der Waals surface area (Å²) >= 11 is 1.37. The van der Waals surface area contributed by atoms with Crippen molar-refractivity contribution in [3.63, 3.8) is 0 Å². The Morgan fingerprint density at radius 3 is 2.82 bits per heavy atom. The average Bonchev–Trinajstić information content (AvgIpc) is 2.86. The fourth-order valence-corrected chi connectivity index (χ4v) is 3.37. The van der Waals surface area contributed by atoms with E-state index in [9.17, 15) is 4.79 Å². The van der Waals surface area contributed by atoms with Crippen molar-refractivity contribution >= 4 is 28.8 Å². The Hall–Kier alpha value is -1.74. The number of hydrogen-bond donors (Lipinski definition) is 0. The van der Waals surface area contributed by atoms with Crippen molar-refractivity contribution in [1.29, 1.82) is 0 Å². The number of carbonyl (C=O) groups is 1. The van der Waals surface area contributed by atoms with Crippen molar-refractivity contribution in [3.8, 4) is 0 Å². The van der Waals surface area contributed by atoms with Crippen molar-refractivity contribution in [2.75, 3.05) is 18.8 Å². The minimum atomic E-state index is 0.0726. The first kappa shape index (κ1) is 15.2. The van der Waals surface area contributed by atoms with Crippen molar-refractivity contribution in [3.05, 3.63) is 6.33 Å². The molecule has 0 aliphatic carbocycles. The molecule has 118 valence electrons. The van der Waals surface area contributed by atoms with Crippen molar-refractivity contribution in [2.24, 2.45) is 7.05 Å². The van der Waals surface area contributed by atoms with Gasteiger partial charge in [-0.25, -0.2) is 14.6 Å². The highest BCUT2D eigenvalue weighted by atomic mass is 32.2. The molecule has 9 heteroatoms. The molecule has 2 aromatic rings. The summed E-state index contributed by atoms with van der Waals surface area (Å²) in [6.07, 6.45) is 1.61. The van der Waals surface area contributed by atoms with Crippen LogP contribution in [0.25, 0.3) is 11.2 Å². The zero-order chi connectivity index (χ0) is 15.7. The second kappa shape index (κ2) is 6.17. The number of hydrogen-bond acceptors (Lipinski definition) is 7. The lowest BCUT2D eigenvalue weighted by molar-refractivity contribution is -0.140. The predicted molar refractivity (Wildman–Crippen MR) is 81.4 cm³/mol. The van der Waals surface area contributed by atoms with Crippen LogP contribution in [0.5, 0.6) is 0 Å². The van der Waals surface area contributed by atoms with E-state index in [-0.39, 0.29) is 18.1 Å². The smallest absolute Gasteiger partial charge is 0.233 e. The minimum absolute atomic E-state index is 0.0726. The van der Waals surface area contributed by atoms with Gasteiger partial charge in [-0.05, 0) is 13.8 Å². The highest BCUT2D eigenvalue weighted by molar-refractivity contribution is 8.00. The molecule has 1 fully saturated rings. The van der Waals surface area contributed by atoms with Crippen molar-refractivity contribution < 1.29 is 9.53 Å². The van der Waals surface area contributed by atoms with E-state index in [1.165, 1.54) is 18.1 Å². The molecule has 1 saturated heterocycles. The van der Waals surface area contributed by atoms with Crippen LogP contribution in [0, 0.1) is 0 Å². The van der Waals surface area contributed by atoms with Gasteiger partial charge in [-0.2, -0.15) is 0 Å². The molecule has 2 atom stereocenters. The number of ether oxygens (including phenoxy) is 1. The van der Waals surface area contributed by atoms with E-state index < -0.39 is 0 Å². The third-order valence-corrected chi connectivity index (χ3v) is 4.42. The molecule has 0 aromatic carbocycles. The number of carbonyl (C=O) groups excluding carboxylic acids is 1. The van der Waals surface area contributed by atoms with Crippen LogP contribution in [0.3, 0.4) is 0 Å². The van der Waals surface area contributed by atoms with Gasteiger partial charge in [0, 0.05) is 20.1 Å². The summed E-state index contributed by atoms with van der Waals surface area (Å²) < 4.78 is 7.24. The molecule has 3 rings (SSSR count). The van der Waals surface area contributed by atoms with Gasteiger partial charge in [-0.3, -0.25) is 4.79 Å². The number of aromatic nitrogens is 5. The van der Waals surface area contributed by atoms with E-state index in [1.54, 1.807) is 11.7 Å². The molecular weight excluding hydrogens is 304 g/mol. The number of rotatable bonds is 3. The maximum atomic E-state index is 12.4. The Morgan fingerprint density at radius 1 is 1.36 bits per heavy atom. The third-order valence-electron chi connectivity index (χ3n) is 3.46. The van der Waals surface area contributed by atoms with Gasteiger partial charge in [0.1, 0.15) is 11.4 Å². The van der Waals surface area contributed by atoms with Gasteiger partial charge in [0.05, 0.1) is 18.0 Å². The van der Waals surface area contributed by atoms with E-state index >= 15 is 0 Å². The highest BCUT2D eigenvalue weighted by Gasteiger charge is 2.26. The summed E-state index contributed by atoms with van der Waals surface area (Å²) in [4.78, 5) is 22.6. The third kappa shape index (κ3) is 3.05. The Bertz CT molecular complexity index is 680. The molecular formula is C13H18N6O2S. The first-order valence-electron chi connectivity index (χ1n) is 7.11. The summed E-state index contributed by atoms with van der Waals surface area (Å²) in [5, 5.41) is 8.67. The number of nitrogens with zero attached hydrogens (tertiary/aromatic N) is 6. The summed E-state index contributed by atoms with van der Waals surface area (Å²) in [6.45, 7) is 5.23. The maximum absolute atomic E-state index is 12.4. The van der Waals surface area contributed by atoms with Gasteiger partial charge in [-0.1, -0.05) is 17.0 Å². The summed E-state index contributed by atoms with van der Waals surface area (Å²) in [5.41, 5.74) is 1.30. The zero-order valence-electron chi connectivity index (χ0n) is 12.8. The Labute approximate surface area is 132 Å². The molecule has 1 aliphatic rings. The molecule has 0 saturated carbocycles. The molecule has 0 N–H and O–H groups in total. The van der Waals surface area contributed by atoms with Crippen LogP contribution >= 0.6 is 11.8 Å². The van der Waals surface area contributed by atoms with Crippen LogP contribution < -0.4 is 0 Å². The van der Waals surface area contributed by atoms with Gasteiger partial charge < -0.3 is 9.64 Å². The van der Waals surface area contributed by atoms with Crippen molar-refractivity contribution in [2.45, 2.75) is 31.1 Å². The van der Waals surface area contributed by atoms with Gasteiger partial charge in [0.15, 0.2) is 11.2 Å². The standard InChI is InChI=1S/C13H18N6O2S/c1-8-4-19(5-9(2)21-8)10(20)6-22-13-11-12(14-7-15-13)18(3)17-16-11/h7-9H,4-6H2,1-3H3/t8-,9-/m0/s1. The first-order chi connectivity index (χ1) is 10.5. The van der Waals surface area contributed by atoms with Crippen LogP contribution in [-0.4, -0.2) is 66.8 Å². The van der Waals surface area contributed by atoms with Crippen LogP contribution in [-0.2, 0) is 16.6 Å². The van der Waals surface area contributed by atoms with Gasteiger partial charge in [0.2, 0.25) is 5.91 Å². The SMILES string of the molecule is C[C@H]1CN(C(=O)CSc2ncnc3c2nnn3C)C[C@H](C)O1. The zero-order valence-corrected chi connectivity index (χ0v) is 13.6. The van der Waals surface area contributed by atoms with Crippen LogP contribution in [0.1, 0.15) is 13.8 Å². The van der Waals surface area contributed by atoms with E-state index in [0.717, 1.165) is 0 Å². The van der Waals surface area contributed by atoms with Crippen LogP contribution in [0.4, 0.5) is 0 Å². The quantitative estimate of drug-likeness (QED) is 0.600. The van der Waals surface area contributed by atoms with Gasteiger partial charge in [-0.15, -0.1) is 5.10 Å². The predicted octanol–water partition coefficient (Wildman–Crippen LogP) is 0.486. The fourth-order valence-electron chi connectivity index (χ4n) is 2.54. The molecule has 0 spiro atoms. The lowest BCUT2D eigenvalue weighted by Crippen LogP contribution is -2.48. The summed E-state index contributed by atoms with van der Waals surface area (Å²) in [7, 11) is 1.78. The Kier molecular flexibility index (Phi) is 4.25. The lowest BCUT2D eigenvalue weighted by atomic mass is 10.2. The molecule has 22 heavy (non-hydrogen) atoms. The normalized spacial score (nSPS) is 22.2. The van der Waals surface area contributed by atoms with E-state index in [4.69, 9.17) is 4.74 Å². The van der Waals surface area contributed by atoms with E-state index in [2.05, 4.69) is 20.3 Å². The molecule has 0 bridgehead atoms. The number of thioether (sulfide) groups is 1. The average molecular weight is 322 g/mol. The summed E-state index contributed by atoms with van der Waals surface area (Å²) in [5.74, 6) is 0.407. The van der Waals surface area contributed by atoms with Crippen molar-refractivity contribution in [1.82, 2.24) is 29.9 Å². The molecule has 0 unspecified atom stereocenters. The molecule has 1 amide bonds. The molecule has 8 nitrogen and oxygen atoms in total. The number of fused-ring (bicyclic) bond motifs is 1. The molecule has 1 aliphatic heterocycles. The van der Waals surface area contributed by atoms with Gasteiger partial charge in [0.25, 0.3) is 0 Å². The van der Waals surface area contributed by atoms with Crippen LogP contribution in [0.15, 0.2) is 11.4 Å². The molecule has 3 heterocycles. The van der Waals surface area contributed by atoms with Gasteiger partial charge >= 0.3 is 0 Å². The molecule has 0 radical (unpaired) electrons. The van der Waals surface area contributed by atoms with Crippen LogP contribution in [0.2, 0.25) is 0 Å². The number of aryl methyl sites for hydroxylation is 1. The lowest BCUT2D eigenvalue weighted by Gasteiger charge is -2.35. The summed E-state index contributed by atoms with van der Waals surface area (Å²) in [6, 6.07) is 0. The number of morpholine rings is 1. The second-order valence-electron chi connectivity index (χ2n) is 5.41. The largest absolute Gasteiger partial charge is 0.372 e. The first-order valence-corrected chi connectivity index (χ1v) is 8.09. The Balaban J connectivity index is 1.67. The monoisotopic (exact) mass is 322 g/mol. The maximum Gasteiger partial charge on any atom is 0.233 e. The Morgan fingerprint density at radius 2 is 2.09 bits per heavy atom. The minimum Gasteiger partial charge on any atom is -0.372 e. The topological polar surface area (TPSA) is 86.0 Å². The molecule has 2 aromatic heterocycles. The number of amides is 1. The van der Waals surface area contributed by atoms with E-state index in [1.807, 2.05) is 18.7 Å².